The van der Waals surface area contributed by atoms with Crippen LogP contribution in [0.3, 0.4) is 0 Å². The van der Waals surface area contributed by atoms with E-state index >= 15 is 0 Å². The zero-order valence-corrected chi connectivity index (χ0v) is 6.60. The number of benzene rings is 1. The average molecular weight is 150 g/mol. The van der Waals surface area contributed by atoms with Crippen LogP contribution in [0, 0.1) is 12.7 Å². The van der Waals surface area contributed by atoms with E-state index in [1.165, 1.54) is 18.4 Å². The van der Waals surface area contributed by atoms with E-state index in [0.717, 1.165) is 5.56 Å². The van der Waals surface area contributed by atoms with Gasteiger partial charge in [0.2, 0.25) is 0 Å². The van der Waals surface area contributed by atoms with Gasteiger partial charge in [-0.1, -0.05) is 6.07 Å². The summed E-state index contributed by atoms with van der Waals surface area (Å²) < 4.78 is 12.8. The summed E-state index contributed by atoms with van der Waals surface area (Å²) >= 11 is 0. The maximum atomic E-state index is 12.8. The maximum absolute atomic E-state index is 12.8. The first-order chi connectivity index (χ1) is 5.25. The molecule has 11 heavy (non-hydrogen) atoms. The highest BCUT2D eigenvalue weighted by Gasteiger charge is 2.23. The van der Waals surface area contributed by atoms with Crippen LogP contribution in [0.5, 0.6) is 0 Å². The largest absolute Gasteiger partial charge is 0.207 e. The van der Waals surface area contributed by atoms with Crippen molar-refractivity contribution in [1.82, 2.24) is 0 Å². The lowest BCUT2D eigenvalue weighted by molar-refractivity contribution is 0.624. The molecule has 0 aliphatic heterocycles. The minimum atomic E-state index is -0.0908. The van der Waals surface area contributed by atoms with Crippen LogP contribution in [0.1, 0.15) is 29.9 Å². The van der Waals surface area contributed by atoms with Crippen molar-refractivity contribution in [2.24, 2.45) is 0 Å². The Bertz CT molecular complexity index is 254. The molecule has 0 radical (unpaired) electrons. The second kappa shape index (κ2) is 2.33. The highest BCUT2D eigenvalue weighted by atomic mass is 19.1. The molecule has 2 rings (SSSR count). The second-order valence-corrected chi connectivity index (χ2v) is 3.34. The molecule has 0 atom stereocenters. The number of hydrogen-bond donors (Lipinski definition) is 0. The highest BCUT2D eigenvalue weighted by molar-refractivity contribution is 5.29. The van der Waals surface area contributed by atoms with Crippen LogP contribution in [-0.2, 0) is 0 Å². The van der Waals surface area contributed by atoms with E-state index in [0.29, 0.717) is 5.92 Å². The van der Waals surface area contributed by atoms with Gasteiger partial charge in [-0.15, -0.1) is 0 Å². The first-order valence-electron chi connectivity index (χ1n) is 4.03. The highest BCUT2D eigenvalue weighted by Crippen LogP contribution is 2.40. The molecule has 0 bridgehead atoms. The van der Waals surface area contributed by atoms with Gasteiger partial charge in [0, 0.05) is 0 Å². The van der Waals surface area contributed by atoms with E-state index in [9.17, 15) is 4.39 Å². The number of aryl methyl sites for hydroxylation is 1. The monoisotopic (exact) mass is 150 g/mol. The number of halogens is 1. The van der Waals surface area contributed by atoms with Gasteiger partial charge in [0.1, 0.15) is 5.82 Å². The maximum Gasteiger partial charge on any atom is 0.123 e. The van der Waals surface area contributed by atoms with E-state index in [1.807, 2.05) is 6.92 Å². The van der Waals surface area contributed by atoms with E-state index < -0.39 is 0 Å². The smallest absolute Gasteiger partial charge is 0.123 e. The lowest BCUT2D eigenvalue weighted by Crippen LogP contribution is -1.84. The average Bonchev–Trinajstić information content (AvgIpc) is 2.64. The molecular weight excluding hydrogens is 139 g/mol. The zero-order chi connectivity index (χ0) is 7.84. The van der Waals surface area contributed by atoms with Crippen molar-refractivity contribution < 1.29 is 4.39 Å². The molecule has 1 aliphatic rings. The first-order valence-corrected chi connectivity index (χ1v) is 4.03. The summed E-state index contributed by atoms with van der Waals surface area (Å²) in [6.45, 7) is 1.94. The summed E-state index contributed by atoms with van der Waals surface area (Å²) in [6, 6.07) is 5.32. The molecule has 0 unspecified atom stereocenters. The predicted octanol–water partition coefficient (Wildman–Crippen LogP) is 3.01. The van der Waals surface area contributed by atoms with Gasteiger partial charge in [0.05, 0.1) is 0 Å². The van der Waals surface area contributed by atoms with Gasteiger partial charge in [0.15, 0.2) is 0 Å². The molecule has 0 nitrogen and oxygen atoms in total. The fourth-order valence-corrected chi connectivity index (χ4v) is 1.42. The van der Waals surface area contributed by atoms with Crippen molar-refractivity contribution in [2.45, 2.75) is 25.7 Å². The standard InChI is InChI=1S/C10H11F/c1-7-4-9(8-2-3-8)6-10(11)5-7/h4-6,8H,2-3H2,1H3. The van der Waals surface area contributed by atoms with Gasteiger partial charge < -0.3 is 0 Å². The van der Waals surface area contributed by atoms with Crippen molar-refractivity contribution in [1.29, 1.82) is 0 Å². The van der Waals surface area contributed by atoms with E-state index in [4.69, 9.17) is 0 Å². The molecular formula is C10H11F. The van der Waals surface area contributed by atoms with E-state index in [-0.39, 0.29) is 5.82 Å². The molecule has 58 valence electrons. The molecule has 0 N–H and O–H groups in total. The Morgan fingerprint density at radius 2 is 2.00 bits per heavy atom. The Labute approximate surface area is 66.1 Å². The Hall–Kier alpha value is -0.850. The van der Waals surface area contributed by atoms with Crippen molar-refractivity contribution in [3.05, 3.63) is 35.1 Å². The molecule has 0 saturated heterocycles. The molecule has 1 aliphatic carbocycles. The van der Waals surface area contributed by atoms with Crippen LogP contribution in [0.2, 0.25) is 0 Å². The molecule has 1 heteroatoms. The van der Waals surface area contributed by atoms with Crippen molar-refractivity contribution in [3.63, 3.8) is 0 Å². The minimum absolute atomic E-state index is 0.0908. The third-order valence-corrected chi connectivity index (χ3v) is 2.11. The van der Waals surface area contributed by atoms with E-state index in [2.05, 4.69) is 6.07 Å². The summed E-state index contributed by atoms with van der Waals surface area (Å²) in [6.07, 6.45) is 2.48. The van der Waals surface area contributed by atoms with E-state index in [1.54, 1.807) is 12.1 Å². The van der Waals surface area contributed by atoms with Gasteiger partial charge in [-0.05, 0) is 48.9 Å². The third-order valence-electron chi connectivity index (χ3n) is 2.11. The fourth-order valence-electron chi connectivity index (χ4n) is 1.42. The van der Waals surface area contributed by atoms with Gasteiger partial charge in [0.25, 0.3) is 0 Å². The molecule has 1 aromatic carbocycles. The van der Waals surface area contributed by atoms with Crippen LogP contribution in [0.15, 0.2) is 18.2 Å². The van der Waals surface area contributed by atoms with Crippen molar-refractivity contribution in [3.8, 4) is 0 Å². The Kier molecular flexibility index (Phi) is 1.45. The molecule has 0 heterocycles. The summed E-state index contributed by atoms with van der Waals surface area (Å²) in [7, 11) is 0. The molecule has 0 spiro atoms. The first kappa shape index (κ1) is 6.84. The number of rotatable bonds is 1. The topological polar surface area (TPSA) is 0 Å². The van der Waals surface area contributed by atoms with Crippen LogP contribution < -0.4 is 0 Å². The molecule has 1 saturated carbocycles. The third kappa shape index (κ3) is 1.42. The molecule has 1 aromatic rings. The normalized spacial score (nSPS) is 16.9. The Morgan fingerprint density at radius 1 is 1.27 bits per heavy atom. The Balaban J connectivity index is 2.39. The van der Waals surface area contributed by atoms with Crippen molar-refractivity contribution >= 4 is 0 Å². The van der Waals surface area contributed by atoms with Crippen LogP contribution in [0.4, 0.5) is 4.39 Å². The van der Waals surface area contributed by atoms with Gasteiger partial charge in [-0.25, -0.2) is 4.39 Å². The SMILES string of the molecule is Cc1cc(F)cc(C2CC2)c1. The van der Waals surface area contributed by atoms with Gasteiger partial charge >= 0.3 is 0 Å². The van der Waals surface area contributed by atoms with Crippen LogP contribution in [-0.4, -0.2) is 0 Å². The molecule has 1 fully saturated rings. The van der Waals surface area contributed by atoms with Crippen LogP contribution >= 0.6 is 0 Å². The zero-order valence-electron chi connectivity index (χ0n) is 6.60. The molecule has 0 amide bonds. The fraction of sp³-hybridized carbons (Fsp3) is 0.400. The lowest BCUT2D eigenvalue weighted by Gasteiger charge is -1.99. The molecule has 0 aromatic heterocycles. The number of hydrogen-bond acceptors (Lipinski definition) is 0. The van der Waals surface area contributed by atoms with Crippen molar-refractivity contribution in [2.75, 3.05) is 0 Å². The lowest BCUT2D eigenvalue weighted by atomic mass is 10.1. The summed E-state index contributed by atoms with van der Waals surface area (Å²) in [5.41, 5.74) is 2.22. The summed E-state index contributed by atoms with van der Waals surface area (Å²) in [5, 5.41) is 0. The van der Waals surface area contributed by atoms with Crippen LogP contribution in [0.25, 0.3) is 0 Å². The minimum Gasteiger partial charge on any atom is -0.207 e. The summed E-state index contributed by atoms with van der Waals surface area (Å²) in [5.74, 6) is 0.566. The Morgan fingerprint density at radius 3 is 2.55 bits per heavy atom. The van der Waals surface area contributed by atoms with Gasteiger partial charge in [-0.2, -0.15) is 0 Å². The second-order valence-electron chi connectivity index (χ2n) is 3.34. The quantitative estimate of drug-likeness (QED) is 0.577. The van der Waals surface area contributed by atoms with Gasteiger partial charge in [-0.3, -0.25) is 0 Å². The predicted molar refractivity (Wildman–Crippen MR) is 43.1 cm³/mol. The summed E-state index contributed by atoms with van der Waals surface area (Å²) in [4.78, 5) is 0.